The first-order chi connectivity index (χ1) is 10.3. The highest BCUT2D eigenvalue weighted by Crippen LogP contribution is 2.25. The van der Waals surface area contributed by atoms with Gasteiger partial charge < -0.3 is 4.57 Å². The molecule has 0 saturated carbocycles. The Balaban J connectivity index is 2.07. The summed E-state index contributed by atoms with van der Waals surface area (Å²) >= 11 is 3.59. The molecule has 0 N–H and O–H groups in total. The molecule has 2 aromatic carbocycles. The number of aromatic nitrogens is 2. The topological polar surface area (TPSA) is 17.8 Å². The molecule has 106 valence electrons. The molecule has 0 unspecified atom stereocenters. The highest BCUT2D eigenvalue weighted by atomic mass is 79.9. The number of aryl methyl sites for hydroxylation is 1. The summed E-state index contributed by atoms with van der Waals surface area (Å²) in [6, 6.07) is 16.5. The molecule has 0 amide bonds. The number of benzene rings is 2. The van der Waals surface area contributed by atoms with Crippen molar-refractivity contribution in [3.63, 3.8) is 0 Å². The van der Waals surface area contributed by atoms with Crippen LogP contribution in [0.5, 0.6) is 0 Å². The van der Waals surface area contributed by atoms with Gasteiger partial charge in [-0.1, -0.05) is 49.4 Å². The molecule has 3 rings (SSSR count). The molecule has 1 heterocycles. The molecule has 1 aromatic heterocycles. The summed E-state index contributed by atoms with van der Waals surface area (Å²) in [5.41, 5.74) is 3.39. The normalized spacial score (nSPS) is 11.5. The van der Waals surface area contributed by atoms with Crippen LogP contribution >= 0.6 is 15.9 Å². The van der Waals surface area contributed by atoms with Gasteiger partial charge in [-0.2, -0.15) is 0 Å². The first-order valence-corrected chi connectivity index (χ1v) is 7.97. The van der Waals surface area contributed by atoms with E-state index in [0.29, 0.717) is 0 Å². The van der Waals surface area contributed by atoms with E-state index in [9.17, 15) is 0 Å². The summed E-state index contributed by atoms with van der Waals surface area (Å²) in [6.45, 7) is 3.16. The van der Waals surface area contributed by atoms with Crippen molar-refractivity contribution in [3.8, 4) is 0 Å². The SMILES string of the molecule is CCCn1c(C=Cc2ccccc2)nc2c(Br)cccc21. The van der Waals surface area contributed by atoms with Gasteiger partial charge in [0.05, 0.1) is 5.52 Å². The van der Waals surface area contributed by atoms with Crippen molar-refractivity contribution in [2.45, 2.75) is 19.9 Å². The van der Waals surface area contributed by atoms with Crippen LogP contribution in [0.2, 0.25) is 0 Å². The Hall–Kier alpha value is -1.87. The maximum Gasteiger partial charge on any atom is 0.133 e. The van der Waals surface area contributed by atoms with E-state index < -0.39 is 0 Å². The fourth-order valence-electron chi connectivity index (χ4n) is 2.45. The Morgan fingerprint density at radius 3 is 2.62 bits per heavy atom. The first-order valence-electron chi connectivity index (χ1n) is 7.17. The average molecular weight is 341 g/mol. The third-order valence-corrected chi connectivity index (χ3v) is 4.07. The van der Waals surface area contributed by atoms with E-state index in [1.807, 2.05) is 24.3 Å². The Bertz CT molecular complexity index is 773. The van der Waals surface area contributed by atoms with Crippen LogP contribution in [0.4, 0.5) is 0 Å². The van der Waals surface area contributed by atoms with E-state index in [4.69, 9.17) is 4.98 Å². The van der Waals surface area contributed by atoms with Gasteiger partial charge in [-0.05, 0) is 46.1 Å². The maximum atomic E-state index is 4.78. The number of para-hydroxylation sites is 1. The van der Waals surface area contributed by atoms with Gasteiger partial charge in [-0.3, -0.25) is 0 Å². The second-order valence-electron chi connectivity index (χ2n) is 4.97. The standard InChI is InChI=1S/C18H17BrN2/c1-2-13-21-16-10-6-9-15(19)18(16)20-17(21)12-11-14-7-4-3-5-8-14/h3-12H,2,13H2,1H3. The van der Waals surface area contributed by atoms with E-state index in [-0.39, 0.29) is 0 Å². The van der Waals surface area contributed by atoms with Gasteiger partial charge in [0, 0.05) is 11.0 Å². The van der Waals surface area contributed by atoms with Gasteiger partial charge in [0.15, 0.2) is 0 Å². The molecule has 0 saturated heterocycles. The van der Waals surface area contributed by atoms with E-state index in [0.717, 1.165) is 28.8 Å². The third-order valence-electron chi connectivity index (χ3n) is 3.43. The summed E-state index contributed by atoms with van der Waals surface area (Å²) < 4.78 is 3.32. The van der Waals surface area contributed by atoms with Crippen molar-refractivity contribution in [3.05, 3.63) is 64.4 Å². The lowest BCUT2D eigenvalue weighted by Crippen LogP contribution is -1.99. The van der Waals surface area contributed by atoms with Crippen molar-refractivity contribution in [2.24, 2.45) is 0 Å². The summed E-state index contributed by atoms with van der Waals surface area (Å²) in [6.07, 6.45) is 5.29. The molecule has 0 atom stereocenters. The number of hydrogen-bond donors (Lipinski definition) is 0. The zero-order valence-electron chi connectivity index (χ0n) is 12.0. The second kappa shape index (κ2) is 6.27. The second-order valence-corrected chi connectivity index (χ2v) is 5.83. The summed E-state index contributed by atoms with van der Waals surface area (Å²) in [5.74, 6) is 1.00. The fourth-order valence-corrected chi connectivity index (χ4v) is 2.90. The van der Waals surface area contributed by atoms with Gasteiger partial charge in [0.25, 0.3) is 0 Å². The molecule has 0 radical (unpaired) electrons. The lowest BCUT2D eigenvalue weighted by atomic mass is 10.2. The maximum absolute atomic E-state index is 4.78. The van der Waals surface area contributed by atoms with Crippen LogP contribution in [0.25, 0.3) is 23.2 Å². The minimum absolute atomic E-state index is 0.974. The Morgan fingerprint density at radius 2 is 1.86 bits per heavy atom. The summed E-state index contributed by atoms with van der Waals surface area (Å²) in [4.78, 5) is 4.78. The number of halogens is 1. The molecule has 0 bridgehead atoms. The molecule has 3 heteroatoms. The zero-order valence-corrected chi connectivity index (χ0v) is 13.5. The van der Waals surface area contributed by atoms with Crippen molar-refractivity contribution in [1.82, 2.24) is 9.55 Å². The zero-order chi connectivity index (χ0) is 14.7. The number of rotatable bonds is 4. The first kappa shape index (κ1) is 14.1. The lowest BCUT2D eigenvalue weighted by Gasteiger charge is -2.04. The van der Waals surface area contributed by atoms with Crippen LogP contribution in [-0.4, -0.2) is 9.55 Å². The van der Waals surface area contributed by atoms with E-state index in [1.54, 1.807) is 0 Å². The van der Waals surface area contributed by atoms with Gasteiger partial charge in [-0.15, -0.1) is 0 Å². The van der Waals surface area contributed by atoms with Crippen LogP contribution in [0.1, 0.15) is 24.7 Å². The summed E-state index contributed by atoms with van der Waals surface area (Å²) in [5, 5.41) is 0. The monoisotopic (exact) mass is 340 g/mol. The molecule has 3 aromatic rings. The molecule has 0 aliphatic heterocycles. The predicted octanol–water partition coefficient (Wildman–Crippen LogP) is 5.38. The van der Waals surface area contributed by atoms with E-state index >= 15 is 0 Å². The minimum atomic E-state index is 0.974. The molecule has 0 aliphatic carbocycles. The van der Waals surface area contributed by atoms with Crippen molar-refractivity contribution in [1.29, 1.82) is 0 Å². The number of imidazole rings is 1. The quantitative estimate of drug-likeness (QED) is 0.623. The van der Waals surface area contributed by atoms with Crippen molar-refractivity contribution < 1.29 is 0 Å². The van der Waals surface area contributed by atoms with Crippen LogP contribution in [0.3, 0.4) is 0 Å². The van der Waals surface area contributed by atoms with Crippen LogP contribution < -0.4 is 0 Å². The van der Waals surface area contributed by atoms with Crippen molar-refractivity contribution in [2.75, 3.05) is 0 Å². The van der Waals surface area contributed by atoms with Crippen LogP contribution in [0, 0.1) is 0 Å². The van der Waals surface area contributed by atoms with Gasteiger partial charge >= 0.3 is 0 Å². The highest BCUT2D eigenvalue weighted by molar-refractivity contribution is 9.10. The molecule has 21 heavy (non-hydrogen) atoms. The fraction of sp³-hybridized carbons (Fsp3) is 0.167. The molecular formula is C18H17BrN2. The van der Waals surface area contributed by atoms with Crippen LogP contribution in [-0.2, 0) is 6.54 Å². The predicted molar refractivity (Wildman–Crippen MR) is 93.1 cm³/mol. The van der Waals surface area contributed by atoms with E-state index in [1.165, 1.54) is 11.1 Å². The van der Waals surface area contributed by atoms with Crippen LogP contribution in [0.15, 0.2) is 53.0 Å². The minimum Gasteiger partial charge on any atom is -0.324 e. The van der Waals surface area contributed by atoms with E-state index in [2.05, 4.69) is 63.8 Å². The molecule has 0 aliphatic rings. The van der Waals surface area contributed by atoms with Gasteiger partial charge in [-0.25, -0.2) is 4.98 Å². The lowest BCUT2D eigenvalue weighted by molar-refractivity contribution is 0.691. The van der Waals surface area contributed by atoms with Crippen molar-refractivity contribution >= 4 is 39.1 Å². The third kappa shape index (κ3) is 2.93. The Kier molecular flexibility index (Phi) is 4.20. The number of fused-ring (bicyclic) bond motifs is 1. The number of nitrogens with zero attached hydrogens (tertiary/aromatic N) is 2. The number of hydrogen-bond acceptors (Lipinski definition) is 1. The Labute approximate surface area is 133 Å². The van der Waals surface area contributed by atoms with Gasteiger partial charge in [0.2, 0.25) is 0 Å². The molecule has 2 nitrogen and oxygen atoms in total. The Morgan fingerprint density at radius 1 is 1.05 bits per heavy atom. The summed E-state index contributed by atoms with van der Waals surface area (Å²) in [7, 11) is 0. The largest absolute Gasteiger partial charge is 0.324 e. The molecule has 0 spiro atoms. The molecule has 0 fully saturated rings. The highest BCUT2D eigenvalue weighted by Gasteiger charge is 2.09. The average Bonchev–Trinajstić information content (AvgIpc) is 2.86. The smallest absolute Gasteiger partial charge is 0.133 e. The van der Waals surface area contributed by atoms with Gasteiger partial charge in [0.1, 0.15) is 11.3 Å². The molecular weight excluding hydrogens is 324 g/mol.